The molecule has 1 aliphatic carbocycles. The number of carbonyl (C=O) groups excluding carboxylic acids is 1. The zero-order chi connectivity index (χ0) is 15.2. The van der Waals surface area contributed by atoms with E-state index in [-0.39, 0.29) is 12.1 Å². The molecule has 21 heavy (non-hydrogen) atoms. The summed E-state index contributed by atoms with van der Waals surface area (Å²) < 4.78 is 0. The van der Waals surface area contributed by atoms with Gasteiger partial charge in [-0.15, -0.1) is 0 Å². The van der Waals surface area contributed by atoms with Gasteiger partial charge in [-0.2, -0.15) is 0 Å². The molecule has 0 bridgehead atoms. The normalized spacial score (nSPS) is 17.1. The van der Waals surface area contributed by atoms with Gasteiger partial charge < -0.3 is 15.3 Å². The van der Waals surface area contributed by atoms with Crippen LogP contribution in [0.2, 0.25) is 0 Å². The van der Waals surface area contributed by atoms with Gasteiger partial charge in [-0.3, -0.25) is 0 Å². The lowest BCUT2D eigenvalue weighted by Crippen LogP contribution is -2.43. The van der Waals surface area contributed by atoms with Crippen molar-refractivity contribution in [2.24, 2.45) is 5.92 Å². The van der Waals surface area contributed by atoms with Crippen LogP contribution in [0.3, 0.4) is 0 Å². The molecule has 116 valence electrons. The van der Waals surface area contributed by atoms with E-state index in [1.807, 2.05) is 18.2 Å². The van der Waals surface area contributed by atoms with Crippen LogP contribution in [-0.4, -0.2) is 42.3 Å². The number of urea groups is 1. The quantitative estimate of drug-likeness (QED) is 0.811. The van der Waals surface area contributed by atoms with E-state index < -0.39 is 0 Å². The van der Waals surface area contributed by atoms with Crippen molar-refractivity contribution >= 4 is 6.03 Å². The molecule has 1 aromatic carbocycles. The third-order valence-corrected chi connectivity index (χ3v) is 4.24. The molecule has 1 aliphatic rings. The lowest BCUT2D eigenvalue weighted by atomic mass is 9.97. The molecule has 1 aromatic rings. The Kier molecular flexibility index (Phi) is 5.62. The number of aliphatic hydroxyl groups excluding tert-OH is 1. The average molecular weight is 290 g/mol. The zero-order valence-corrected chi connectivity index (χ0v) is 13.0. The molecule has 2 atom stereocenters. The molecule has 1 saturated carbocycles. The van der Waals surface area contributed by atoms with Gasteiger partial charge in [-0.25, -0.2) is 4.79 Å². The van der Waals surface area contributed by atoms with E-state index in [1.54, 1.807) is 11.9 Å². The van der Waals surface area contributed by atoms with Gasteiger partial charge >= 0.3 is 6.03 Å². The molecule has 2 rings (SSSR count). The van der Waals surface area contributed by atoms with Crippen molar-refractivity contribution < 1.29 is 9.90 Å². The molecular weight excluding hydrogens is 264 g/mol. The third kappa shape index (κ3) is 4.74. The molecule has 0 spiro atoms. The van der Waals surface area contributed by atoms with Crippen LogP contribution in [0.5, 0.6) is 0 Å². The van der Waals surface area contributed by atoms with Crippen LogP contribution in [-0.2, 0) is 0 Å². The molecule has 1 fully saturated rings. The lowest BCUT2D eigenvalue weighted by Gasteiger charge is -2.23. The minimum Gasteiger partial charge on any atom is -0.391 e. The molecular formula is C17H26N2O2. The number of aliphatic hydroxyl groups is 1. The zero-order valence-electron chi connectivity index (χ0n) is 13.0. The minimum atomic E-state index is -0.378. The summed E-state index contributed by atoms with van der Waals surface area (Å²) >= 11 is 0. The molecule has 0 aromatic heterocycles. The highest BCUT2D eigenvalue weighted by molar-refractivity contribution is 5.73. The molecule has 0 saturated heterocycles. The largest absolute Gasteiger partial charge is 0.391 e. The van der Waals surface area contributed by atoms with Crippen molar-refractivity contribution in [3.63, 3.8) is 0 Å². The Morgan fingerprint density at radius 2 is 2.05 bits per heavy atom. The van der Waals surface area contributed by atoms with Crippen LogP contribution < -0.4 is 5.32 Å². The monoisotopic (exact) mass is 290 g/mol. The fraction of sp³-hybridized carbons (Fsp3) is 0.588. The maximum Gasteiger partial charge on any atom is 0.317 e. The Bertz CT molecular complexity index is 445. The predicted octanol–water partition coefficient (Wildman–Crippen LogP) is 2.59. The van der Waals surface area contributed by atoms with Crippen molar-refractivity contribution in [3.05, 3.63) is 35.9 Å². The highest BCUT2D eigenvalue weighted by Crippen LogP contribution is 2.32. The maximum absolute atomic E-state index is 12.1. The van der Waals surface area contributed by atoms with Crippen LogP contribution in [0.4, 0.5) is 4.79 Å². The molecule has 0 aliphatic heterocycles. The number of carbonyl (C=O) groups is 1. The standard InChI is InChI=1S/C17H26N2O2/c1-3-13(14-7-5-4-6-8-14)11-18-17(21)19(2)12-16(20)15-9-10-15/h4-8,13,15-16,20H,3,9-12H2,1-2H3,(H,18,21). The van der Waals surface area contributed by atoms with Gasteiger partial charge in [0, 0.05) is 26.1 Å². The Labute approximate surface area is 127 Å². The number of hydrogen-bond acceptors (Lipinski definition) is 2. The molecule has 2 amide bonds. The van der Waals surface area contributed by atoms with E-state index in [4.69, 9.17) is 0 Å². The summed E-state index contributed by atoms with van der Waals surface area (Å²) in [7, 11) is 1.74. The first kappa shape index (κ1) is 15.8. The summed E-state index contributed by atoms with van der Waals surface area (Å²) in [5.74, 6) is 0.727. The van der Waals surface area contributed by atoms with Crippen molar-refractivity contribution in [1.29, 1.82) is 0 Å². The van der Waals surface area contributed by atoms with Crippen LogP contribution >= 0.6 is 0 Å². The van der Waals surface area contributed by atoms with E-state index in [9.17, 15) is 9.90 Å². The SMILES string of the molecule is CCC(CNC(=O)N(C)CC(O)C1CC1)c1ccccc1. The molecule has 2 unspecified atom stereocenters. The number of likely N-dealkylation sites (N-methyl/N-ethyl adjacent to an activating group) is 1. The molecule has 0 heterocycles. The fourth-order valence-electron chi connectivity index (χ4n) is 2.56. The number of rotatable bonds is 7. The third-order valence-electron chi connectivity index (χ3n) is 4.24. The van der Waals surface area contributed by atoms with Crippen molar-refractivity contribution in [2.75, 3.05) is 20.1 Å². The number of nitrogens with one attached hydrogen (secondary N) is 1. The Balaban J connectivity index is 1.78. The van der Waals surface area contributed by atoms with Crippen LogP contribution in [0, 0.1) is 5.92 Å². The summed E-state index contributed by atoms with van der Waals surface area (Å²) in [5.41, 5.74) is 1.25. The van der Waals surface area contributed by atoms with E-state index in [0.717, 1.165) is 19.3 Å². The number of amides is 2. The fourth-order valence-corrected chi connectivity index (χ4v) is 2.56. The smallest absolute Gasteiger partial charge is 0.317 e. The topological polar surface area (TPSA) is 52.6 Å². The summed E-state index contributed by atoms with van der Waals surface area (Å²) in [5, 5.41) is 12.9. The summed E-state index contributed by atoms with van der Waals surface area (Å²) in [4.78, 5) is 13.7. The Morgan fingerprint density at radius 1 is 1.38 bits per heavy atom. The second-order valence-electron chi connectivity index (χ2n) is 5.99. The maximum atomic E-state index is 12.1. The second kappa shape index (κ2) is 7.46. The molecule has 4 nitrogen and oxygen atoms in total. The lowest BCUT2D eigenvalue weighted by molar-refractivity contribution is 0.113. The van der Waals surface area contributed by atoms with E-state index >= 15 is 0 Å². The van der Waals surface area contributed by atoms with Gasteiger partial charge in [0.05, 0.1) is 6.10 Å². The first-order valence-corrected chi connectivity index (χ1v) is 7.83. The highest BCUT2D eigenvalue weighted by Gasteiger charge is 2.31. The van der Waals surface area contributed by atoms with Gasteiger partial charge in [0.15, 0.2) is 0 Å². The number of nitrogens with zero attached hydrogens (tertiary/aromatic N) is 1. The summed E-state index contributed by atoms with van der Waals surface area (Å²) in [6.07, 6.45) is 2.78. The Morgan fingerprint density at radius 3 is 2.62 bits per heavy atom. The first-order valence-electron chi connectivity index (χ1n) is 7.83. The number of benzene rings is 1. The second-order valence-corrected chi connectivity index (χ2v) is 5.99. The van der Waals surface area contributed by atoms with Crippen molar-refractivity contribution in [2.45, 2.75) is 38.2 Å². The van der Waals surface area contributed by atoms with Crippen LogP contribution in [0.15, 0.2) is 30.3 Å². The number of hydrogen-bond donors (Lipinski definition) is 2. The highest BCUT2D eigenvalue weighted by atomic mass is 16.3. The van der Waals surface area contributed by atoms with Gasteiger partial charge in [-0.1, -0.05) is 37.3 Å². The van der Waals surface area contributed by atoms with E-state index in [2.05, 4.69) is 24.4 Å². The van der Waals surface area contributed by atoms with Crippen molar-refractivity contribution in [3.8, 4) is 0 Å². The van der Waals surface area contributed by atoms with Gasteiger partial charge in [-0.05, 0) is 30.7 Å². The van der Waals surface area contributed by atoms with Crippen LogP contribution in [0.1, 0.15) is 37.7 Å². The van der Waals surface area contributed by atoms with Crippen molar-refractivity contribution in [1.82, 2.24) is 10.2 Å². The first-order chi connectivity index (χ1) is 10.1. The molecule has 2 N–H and O–H groups in total. The van der Waals surface area contributed by atoms with Gasteiger partial charge in [0.2, 0.25) is 0 Å². The summed E-state index contributed by atoms with van der Waals surface area (Å²) in [6.45, 7) is 3.17. The van der Waals surface area contributed by atoms with Gasteiger partial charge in [0.1, 0.15) is 0 Å². The minimum absolute atomic E-state index is 0.107. The van der Waals surface area contributed by atoms with Crippen LogP contribution in [0.25, 0.3) is 0 Å². The average Bonchev–Trinajstić information content (AvgIpc) is 3.33. The summed E-state index contributed by atoms with van der Waals surface area (Å²) in [6, 6.07) is 10.1. The molecule has 4 heteroatoms. The van der Waals surface area contributed by atoms with E-state index in [1.165, 1.54) is 5.56 Å². The van der Waals surface area contributed by atoms with E-state index in [0.29, 0.717) is 24.9 Å². The molecule has 0 radical (unpaired) electrons. The van der Waals surface area contributed by atoms with Gasteiger partial charge in [0.25, 0.3) is 0 Å². The predicted molar refractivity (Wildman–Crippen MR) is 84.2 cm³/mol. The Hall–Kier alpha value is -1.55.